The first-order chi connectivity index (χ1) is 13.2. The molecule has 8 heteroatoms. The van der Waals surface area contributed by atoms with Crippen LogP contribution in [-0.4, -0.2) is 55.9 Å². The highest BCUT2D eigenvalue weighted by molar-refractivity contribution is 6.77. The van der Waals surface area contributed by atoms with Gasteiger partial charge in [-0.2, -0.15) is 0 Å². The Kier molecular flexibility index (Phi) is 7.51. The van der Waals surface area contributed by atoms with Gasteiger partial charge in [-0.1, -0.05) is 6.07 Å². The molecule has 2 aliphatic rings. The molecule has 0 radical (unpaired) electrons. The Bertz CT molecular complexity index is 535. The smallest absolute Gasteiger partial charge is 0.465 e. The van der Waals surface area contributed by atoms with Gasteiger partial charge in [0.15, 0.2) is 12.6 Å². The lowest BCUT2D eigenvalue weighted by molar-refractivity contribution is -0.108. The minimum absolute atomic E-state index is 0.295. The standard InChI is InChI=1S/C19H30O7Si/c1-20-27(21-2,22-3)19-15(25-17-11-4-6-13-23-17)9-8-10-16(19)26-18-12-5-7-14-24-18/h8-10,17-18H,4-7,11-14H2,1-3H3. The summed E-state index contributed by atoms with van der Waals surface area (Å²) in [5, 5.41) is 0.667. The van der Waals surface area contributed by atoms with E-state index in [1.165, 1.54) is 0 Å². The monoisotopic (exact) mass is 398 g/mol. The molecule has 2 unspecified atom stereocenters. The third-order valence-electron chi connectivity index (χ3n) is 4.89. The van der Waals surface area contributed by atoms with Crippen molar-refractivity contribution in [2.75, 3.05) is 34.5 Å². The van der Waals surface area contributed by atoms with Crippen LogP contribution in [0.4, 0.5) is 0 Å². The molecule has 3 rings (SSSR count). The lowest BCUT2D eigenvalue weighted by Gasteiger charge is -2.32. The third-order valence-corrected chi connectivity index (χ3v) is 7.61. The Labute approximate surface area is 162 Å². The van der Waals surface area contributed by atoms with Crippen molar-refractivity contribution in [3.63, 3.8) is 0 Å². The molecule has 2 fully saturated rings. The summed E-state index contributed by atoms with van der Waals surface area (Å²) < 4.78 is 41.1. The Balaban J connectivity index is 1.94. The van der Waals surface area contributed by atoms with E-state index in [0.717, 1.165) is 38.5 Å². The van der Waals surface area contributed by atoms with Crippen LogP contribution in [0.3, 0.4) is 0 Å². The van der Waals surface area contributed by atoms with Gasteiger partial charge in [-0.05, 0) is 37.8 Å². The summed E-state index contributed by atoms with van der Waals surface area (Å²) >= 11 is 0. The molecule has 0 aromatic heterocycles. The number of hydrogen-bond donors (Lipinski definition) is 0. The summed E-state index contributed by atoms with van der Waals surface area (Å²) in [5.74, 6) is 1.21. The zero-order valence-electron chi connectivity index (χ0n) is 16.4. The first-order valence-electron chi connectivity index (χ1n) is 9.58. The Morgan fingerprint density at radius 3 is 1.63 bits per heavy atom. The molecule has 2 heterocycles. The van der Waals surface area contributed by atoms with Gasteiger partial charge in [-0.3, -0.25) is 0 Å². The van der Waals surface area contributed by atoms with Crippen molar-refractivity contribution < 1.29 is 32.2 Å². The van der Waals surface area contributed by atoms with Gasteiger partial charge in [0.1, 0.15) is 16.7 Å². The summed E-state index contributed by atoms with van der Waals surface area (Å²) in [6, 6.07) is 5.64. The molecule has 0 amide bonds. The maximum absolute atomic E-state index is 6.18. The second kappa shape index (κ2) is 9.86. The van der Waals surface area contributed by atoms with Crippen LogP contribution < -0.4 is 14.7 Å². The number of hydrogen-bond acceptors (Lipinski definition) is 7. The minimum Gasteiger partial charge on any atom is -0.465 e. The summed E-state index contributed by atoms with van der Waals surface area (Å²) in [5.41, 5.74) is 0. The Hall–Kier alpha value is -1.16. The van der Waals surface area contributed by atoms with Gasteiger partial charge in [-0.15, -0.1) is 0 Å². The molecule has 0 aliphatic carbocycles. The van der Waals surface area contributed by atoms with Crippen molar-refractivity contribution in [3.05, 3.63) is 18.2 Å². The first-order valence-corrected chi connectivity index (χ1v) is 11.3. The van der Waals surface area contributed by atoms with E-state index < -0.39 is 8.80 Å². The number of benzene rings is 1. The van der Waals surface area contributed by atoms with Crippen LogP contribution in [0.25, 0.3) is 0 Å². The van der Waals surface area contributed by atoms with Gasteiger partial charge in [0.2, 0.25) is 0 Å². The van der Waals surface area contributed by atoms with E-state index in [0.29, 0.717) is 29.9 Å². The van der Waals surface area contributed by atoms with Crippen LogP contribution in [-0.2, 0) is 22.8 Å². The SMILES string of the molecule is CO[Si](OC)(OC)c1c(OC2CCCCO2)cccc1OC1CCCCO1. The average molecular weight is 399 g/mol. The first kappa shape index (κ1) is 20.6. The van der Waals surface area contributed by atoms with Crippen LogP contribution in [0.1, 0.15) is 38.5 Å². The third kappa shape index (κ3) is 4.82. The quantitative estimate of drug-likeness (QED) is 0.624. The van der Waals surface area contributed by atoms with Gasteiger partial charge in [0, 0.05) is 34.2 Å². The fourth-order valence-corrected chi connectivity index (χ4v) is 5.46. The van der Waals surface area contributed by atoms with Crippen LogP contribution in [0.15, 0.2) is 18.2 Å². The second-order valence-corrected chi connectivity index (χ2v) is 9.46. The molecule has 0 saturated carbocycles. The van der Waals surface area contributed by atoms with Crippen molar-refractivity contribution >= 4 is 14.0 Å². The van der Waals surface area contributed by atoms with Crippen molar-refractivity contribution in [1.82, 2.24) is 0 Å². The molecule has 0 N–H and O–H groups in total. The zero-order valence-corrected chi connectivity index (χ0v) is 17.4. The van der Waals surface area contributed by atoms with E-state index in [-0.39, 0.29) is 12.6 Å². The van der Waals surface area contributed by atoms with E-state index in [4.69, 9.17) is 32.2 Å². The van der Waals surface area contributed by atoms with Gasteiger partial charge in [-0.25, -0.2) is 0 Å². The molecule has 2 aliphatic heterocycles. The molecular weight excluding hydrogens is 368 g/mol. The molecule has 1 aromatic carbocycles. The molecule has 27 heavy (non-hydrogen) atoms. The summed E-state index contributed by atoms with van der Waals surface area (Å²) in [6.45, 7) is 1.40. The highest BCUT2D eigenvalue weighted by atomic mass is 28.4. The predicted molar refractivity (Wildman–Crippen MR) is 101 cm³/mol. The van der Waals surface area contributed by atoms with Crippen LogP contribution in [0.5, 0.6) is 11.5 Å². The van der Waals surface area contributed by atoms with Gasteiger partial charge in [0.25, 0.3) is 0 Å². The summed E-state index contributed by atoms with van der Waals surface area (Å²) in [6.07, 6.45) is 5.37. The Morgan fingerprint density at radius 2 is 1.26 bits per heavy atom. The fraction of sp³-hybridized carbons (Fsp3) is 0.684. The van der Waals surface area contributed by atoms with Crippen molar-refractivity contribution in [3.8, 4) is 11.5 Å². The number of rotatable bonds is 8. The fourth-order valence-electron chi connectivity index (χ4n) is 3.46. The predicted octanol–water partition coefficient (Wildman–Crippen LogP) is 2.58. The summed E-state index contributed by atoms with van der Waals surface area (Å²) in [4.78, 5) is 0. The summed E-state index contributed by atoms with van der Waals surface area (Å²) in [7, 11) is 1.52. The van der Waals surface area contributed by atoms with E-state index >= 15 is 0 Å². The van der Waals surface area contributed by atoms with Crippen LogP contribution in [0, 0.1) is 0 Å². The largest absolute Gasteiger partial charge is 0.544 e. The topological polar surface area (TPSA) is 64.6 Å². The normalized spacial score (nSPS) is 23.8. The number of ether oxygens (including phenoxy) is 4. The molecule has 2 saturated heterocycles. The highest BCUT2D eigenvalue weighted by Crippen LogP contribution is 2.28. The molecule has 7 nitrogen and oxygen atoms in total. The molecule has 0 bridgehead atoms. The van der Waals surface area contributed by atoms with E-state index in [9.17, 15) is 0 Å². The maximum Gasteiger partial charge on any atom is 0.544 e. The van der Waals surface area contributed by atoms with Crippen molar-refractivity contribution in [2.45, 2.75) is 51.1 Å². The van der Waals surface area contributed by atoms with Gasteiger partial charge >= 0.3 is 8.80 Å². The molecular formula is C19H30O7Si. The van der Waals surface area contributed by atoms with Crippen LogP contribution in [0.2, 0.25) is 0 Å². The van der Waals surface area contributed by atoms with Crippen molar-refractivity contribution in [2.24, 2.45) is 0 Å². The maximum atomic E-state index is 6.18. The van der Waals surface area contributed by atoms with Crippen LogP contribution >= 0.6 is 0 Å². The zero-order chi connectivity index (χ0) is 19.1. The lowest BCUT2D eigenvalue weighted by atomic mass is 10.2. The molecule has 152 valence electrons. The van der Waals surface area contributed by atoms with Crippen molar-refractivity contribution in [1.29, 1.82) is 0 Å². The molecule has 2 atom stereocenters. The van der Waals surface area contributed by atoms with Gasteiger partial charge in [0.05, 0.1) is 13.2 Å². The Morgan fingerprint density at radius 1 is 0.778 bits per heavy atom. The highest BCUT2D eigenvalue weighted by Gasteiger charge is 2.47. The minimum atomic E-state index is -3.21. The lowest BCUT2D eigenvalue weighted by Crippen LogP contribution is -2.56. The molecule has 1 aromatic rings. The van der Waals surface area contributed by atoms with Gasteiger partial charge < -0.3 is 32.2 Å². The van der Waals surface area contributed by atoms with E-state index in [1.54, 1.807) is 21.3 Å². The second-order valence-electron chi connectivity index (χ2n) is 6.63. The van der Waals surface area contributed by atoms with E-state index in [1.807, 2.05) is 18.2 Å². The van der Waals surface area contributed by atoms with E-state index in [2.05, 4.69) is 0 Å². The average Bonchev–Trinajstić information content (AvgIpc) is 2.73. The molecule has 0 spiro atoms.